The van der Waals surface area contributed by atoms with Crippen LogP contribution < -0.4 is 4.90 Å². The molecule has 2 aromatic rings. The monoisotopic (exact) mass is 283 g/mol. The van der Waals surface area contributed by atoms with E-state index in [0.717, 1.165) is 17.8 Å². The Hall–Kier alpha value is -2.29. The standard InChI is InChI=1S/C18H21NO2/c1-3-19(17-12-8-5-9-13-17)15(2)18(20)21-14-16-10-6-4-7-11-16/h4-13,15H,3,14H2,1-2H3. The third-order valence-corrected chi connectivity index (χ3v) is 3.46. The lowest BCUT2D eigenvalue weighted by Crippen LogP contribution is -2.40. The molecule has 0 aliphatic heterocycles. The average molecular weight is 283 g/mol. The van der Waals surface area contributed by atoms with Gasteiger partial charge in [0.15, 0.2) is 0 Å². The molecule has 110 valence electrons. The number of anilines is 1. The summed E-state index contributed by atoms with van der Waals surface area (Å²) in [7, 11) is 0. The highest BCUT2D eigenvalue weighted by Gasteiger charge is 2.21. The molecule has 1 atom stereocenters. The van der Waals surface area contributed by atoms with E-state index in [4.69, 9.17) is 4.74 Å². The van der Waals surface area contributed by atoms with E-state index < -0.39 is 0 Å². The fraction of sp³-hybridized carbons (Fsp3) is 0.278. The van der Waals surface area contributed by atoms with Crippen LogP contribution in [0.4, 0.5) is 5.69 Å². The van der Waals surface area contributed by atoms with Crippen LogP contribution >= 0.6 is 0 Å². The van der Waals surface area contributed by atoms with Gasteiger partial charge in [-0.05, 0) is 31.5 Å². The minimum atomic E-state index is -0.305. The molecule has 0 aliphatic rings. The van der Waals surface area contributed by atoms with Crippen LogP contribution in [-0.2, 0) is 16.1 Å². The van der Waals surface area contributed by atoms with Gasteiger partial charge in [0, 0.05) is 12.2 Å². The van der Waals surface area contributed by atoms with E-state index in [1.807, 2.05) is 79.4 Å². The molecule has 0 N–H and O–H groups in total. The number of para-hydroxylation sites is 1. The zero-order valence-corrected chi connectivity index (χ0v) is 12.5. The van der Waals surface area contributed by atoms with Crippen molar-refractivity contribution in [3.63, 3.8) is 0 Å². The predicted molar refractivity (Wildman–Crippen MR) is 85.2 cm³/mol. The number of nitrogens with zero attached hydrogens (tertiary/aromatic N) is 1. The fourth-order valence-electron chi connectivity index (χ4n) is 2.28. The highest BCUT2D eigenvalue weighted by molar-refractivity contribution is 5.79. The van der Waals surface area contributed by atoms with Gasteiger partial charge in [0.25, 0.3) is 0 Å². The number of likely N-dealkylation sites (N-methyl/N-ethyl adjacent to an activating group) is 1. The maximum atomic E-state index is 12.2. The van der Waals surface area contributed by atoms with Crippen LogP contribution in [0.25, 0.3) is 0 Å². The number of carbonyl (C=O) groups excluding carboxylic acids is 1. The molecule has 0 amide bonds. The molecule has 0 spiro atoms. The quantitative estimate of drug-likeness (QED) is 0.758. The Morgan fingerprint density at radius 3 is 2.19 bits per heavy atom. The van der Waals surface area contributed by atoms with Gasteiger partial charge in [0.1, 0.15) is 12.6 Å². The van der Waals surface area contributed by atoms with E-state index in [-0.39, 0.29) is 12.0 Å². The van der Waals surface area contributed by atoms with E-state index >= 15 is 0 Å². The summed E-state index contributed by atoms with van der Waals surface area (Å²) in [6.45, 7) is 4.99. The van der Waals surface area contributed by atoms with Crippen LogP contribution in [-0.4, -0.2) is 18.6 Å². The third kappa shape index (κ3) is 4.09. The van der Waals surface area contributed by atoms with Crippen LogP contribution in [0, 0.1) is 0 Å². The van der Waals surface area contributed by atoms with Crippen molar-refractivity contribution >= 4 is 11.7 Å². The first-order chi connectivity index (χ1) is 10.2. The van der Waals surface area contributed by atoms with Gasteiger partial charge >= 0.3 is 5.97 Å². The molecule has 21 heavy (non-hydrogen) atoms. The topological polar surface area (TPSA) is 29.5 Å². The van der Waals surface area contributed by atoms with Crippen LogP contribution in [0.3, 0.4) is 0 Å². The first-order valence-corrected chi connectivity index (χ1v) is 7.24. The number of benzene rings is 2. The van der Waals surface area contributed by atoms with Gasteiger partial charge in [-0.25, -0.2) is 4.79 Å². The van der Waals surface area contributed by atoms with Gasteiger partial charge in [-0.15, -0.1) is 0 Å². The summed E-state index contributed by atoms with van der Waals surface area (Å²) < 4.78 is 5.41. The average Bonchev–Trinajstić information content (AvgIpc) is 2.55. The summed E-state index contributed by atoms with van der Waals surface area (Å²) >= 11 is 0. The summed E-state index contributed by atoms with van der Waals surface area (Å²) in [5, 5.41) is 0. The van der Waals surface area contributed by atoms with Crippen molar-refractivity contribution in [2.75, 3.05) is 11.4 Å². The number of hydrogen-bond acceptors (Lipinski definition) is 3. The molecular weight excluding hydrogens is 262 g/mol. The van der Waals surface area contributed by atoms with E-state index in [1.54, 1.807) is 0 Å². The van der Waals surface area contributed by atoms with E-state index in [1.165, 1.54) is 0 Å². The molecule has 2 rings (SSSR count). The summed E-state index contributed by atoms with van der Waals surface area (Å²) in [4.78, 5) is 14.3. The minimum absolute atomic E-state index is 0.204. The second-order valence-electron chi connectivity index (χ2n) is 4.89. The summed E-state index contributed by atoms with van der Waals surface area (Å²) in [5.41, 5.74) is 2.03. The van der Waals surface area contributed by atoms with Gasteiger partial charge in [-0.1, -0.05) is 48.5 Å². The van der Waals surface area contributed by atoms with Gasteiger partial charge < -0.3 is 9.64 Å². The number of ether oxygens (including phenoxy) is 1. The van der Waals surface area contributed by atoms with Crippen LogP contribution in [0.15, 0.2) is 60.7 Å². The van der Waals surface area contributed by atoms with Gasteiger partial charge in [-0.2, -0.15) is 0 Å². The predicted octanol–water partition coefficient (Wildman–Crippen LogP) is 3.64. The van der Waals surface area contributed by atoms with E-state index in [2.05, 4.69) is 0 Å². The highest BCUT2D eigenvalue weighted by Crippen LogP contribution is 2.17. The van der Waals surface area contributed by atoms with Gasteiger partial charge in [-0.3, -0.25) is 0 Å². The van der Waals surface area contributed by atoms with E-state index in [0.29, 0.717) is 6.61 Å². The van der Waals surface area contributed by atoms with E-state index in [9.17, 15) is 4.79 Å². The molecular formula is C18H21NO2. The second kappa shape index (κ2) is 7.48. The Morgan fingerprint density at radius 2 is 1.62 bits per heavy atom. The van der Waals surface area contributed by atoms with Crippen molar-refractivity contribution < 1.29 is 9.53 Å². The molecule has 0 radical (unpaired) electrons. The highest BCUT2D eigenvalue weighted by atomic mass is 16.5. The van der Waals surface area contributed by atoms with Crippen molar-refractivity contribution in [3.05, 3.63) is 66.2 Å². The molecule has 0 saturated heterocycles. The van der Waals surface area contributed by atoms with Crippen molar-refractivity contribution in [1.82, 2.24) is 0 Å². The molecule has 3 nitrogen and oxygen atoms in total. The van der Waals surface area contributed by atoms with Crippen molar-refractivity contribution in [2.45, 2.75) is 26.5 Å². The maximum Gasteiger partial charge on any atom is 0.328 e. The largest absolute Gasteiger partial charge is 0.459 e. The lowest BCUT2D eigenvalue weighted by atomic mass is 10.2. The summed E-state index contributed by atoms with van der Waals surface area (Å²) in [5.74, 6) is -0.204. The number of esters is 1. The molecule has 0 aromatic heterocycles. The van der Waals surface area contributed by atoms with Gasteiger partial charge in [0.2, 0.25) is 0 Å². The number of carbonyl (C=O) groups is 1. The SMILES string of the molecule is CCN(c1ccccc1)C(C)C(=O)OCc1ccccc1. The third-order valence-electron chi connectivity index (χ3n) is 3.46. The molecule has 3 heteroatoms. The van der Waals surface area contributed by atoms with Crippen LogP contribution in [0.5, 0.6) is 0 Å². The first kappa shape index (κ1) is 15.1. The minimum Gasteiger partial charge on any atom is -0.459 e. The molecule has 0 aliphatic carbocycles. The lowest BCUT2D eigenvalue weighted by molar-refractivity contribution is -0.146. The molecule has 2 aromatic carbocycles. The Balaban J connectivity index is 1.97. The normalized spacial score (nSPS) is 11.7. The Labute approximate surface area is 126 Å². The smallest absolute Gasteiger partial charge is 0.328 e. The number of rotatable bonds is 6. The zero-order chi connectivity index (χ0) is 15.1. The summed E-state index contributed by atoms with van der Waals surface area (Å²) in [6.07, 6.45) is 0. The van der Waals surface area contributed by atoms with Crippen LogP contribution in [0.2, 0.25) is 0 Å². The molecule has 0 heterocycles. The maximum absolute atomic E-state index is 12.2. The Kier molecular flexibility index (Phi) is 5.38. The Bertz CT molecular complexity index is 554. The first-order valence-electron chi connectivity index (χ1n) is 7.24. The van der Waals surface area contributed by atoms with Crippen molar-refractivity contribution in [1.29, 1.82) is 0 Å². The molecule has 0 fully saturated rings. The fourth-order valence-corrected chi connectivity index (χ4v) is 2.28. The number of hydrogen-bond donors (Lipinski definition) is 0. The summed E-state index contributed by atoms with van der Waals surface area (Å²) in [6, 6.07) is 19.3. The molecule has 0 bridgehead atoms. The van der Waals surface area contributed by atoms with Gasteiger partial charge in [0.05, 0.1) is 0 Å². The second-order valence-corrected chi connectivity index (χ2v) is 4.89. The Morgan fingerprint density at radius 1 is 1.05 bits per heavy atom. The lowest BCUT2D eigenvalue weighted by Gasteiger charge is -2.28. The zero-order valence-electron chi connectivity index (χ0n) is 12.5. The molecule has 1 unspecified atom stereocenters. The van der Waals surface area contributed by atoms with Crippen LogP contribution in [0.1, 0.15) is 19.4 Å². The van der Waals surface area contributed by atoms with Crippen molar-refractivity contribution in [2.24, 2.45) is 0 Å². The van der Waals surface area contributed by atoms with Crippen molar-refractivity contribution in [3.8, 4) is 0 Å². The molecule has 0 saturated carbocycles.